The van der Waals surface area contributed by atoms with Crippen LogP contribution in [-0.4, -0.2) is 27.0 Å². The summed E-state index contributed by atoms with van der Waals surface area (Å²) < 4.78 is 0. The molecule has 1 amide bonds. The molecule has 2 aromatic rings. The van der Waals surface area contributed by atoms with Gasteiger partial charge in [0.2, 0.25) is 11.9 Å². The Labute approximate surface area is 110 Å². The van der Waals surface area contributed by atoms with E-state index in [1.807, 2.05) is 0 Å². The molecule has 1 heterocycles. The van der Waals surface area contributed by atoms with Gasteiger partial charge in [-0.3, -0.25) is 10.1 Å². The van der Waals surface area contributed by atoms with E-state index in [1.54, 1.807) is 30.3 Å². The first kappa shape index (κ1) is 13.0. The second-order valence-corrected chi connectivity index (χ2v) is 4.04. The number of carbonyl (C=O) groups is 1. The van der Waals surface area contributed by atoms with E-state index in [-0.39, 0.29) is 17.6 Å². The van der Waals surface area contributed by atoms with Crippen molar-refractivity contribution in [3.8, 4) is 5.75 Å². The lowest BCUT2D eigenvalue weighted by atomic mass is 10.1. The van der Waals surface area contributed by atoms with Crippen LogP contribution in [0.4, 0.5) is 5.95 Å². The number of nitrogens with two attached hydrogens (primary N) is 1. The molecule has 4 N–H and O–H groups in total. The monoisotopic (exact) mass is 258 g/mol. The van der Waals surface area contributed by atoms with Crippen molar-refractivity contribution >= 4 is 11.9 Å². The highest BCUT2D eigenvalue weighted by molar-refractivity contribution is 5.93. The van der Waals surface area contributed by atoms with Gasteiger partial charge in [0, 0.05) is 12.4 Å². The fraction of sp³-hybridized carbons (Fsp3) is 0.154. The first-order chi connectivity index (χ1) is 9.15. The van der Waals surface area contributed by atoms with Crippen LogP contribution in [0.25, 0.3) is 0 Å². The van der Waals surface area contributed by atoms with E-state index in [2.05, 4.69) is 15.3 Å². The number of nitrogens with zero attached hydrogens (tertiary/aromatic N) is 2. The number of benzene rings is 1. The van der Waals surface area contributed by atoms with Crippen LogP contribution in [0, 0.1) is 0 Å². The summed E-state index contributed by atoms with van der Waals surface area (Å²) in [6, 6.07) is 7.52. The summed E-state index contributed by atoms with van der Waals surface area (Å²) in [5.41, 5.74) is 6.67. The number of aromatic hydroxyl groups is 1. The highest BCUT2D eigenvalue weighted by atomic mass is 16.3. The molecule has 6 nitrogen and oxygen atoms in total. The van der Waals surface area contributed by atoms with Gasteiger partial charge in [0.25, 0.3) is 0 Å². The van der Waals surface area contributed by atoms with E-state index in [1.165, 1.54) is 12.4 Å². The second kappa shape index (κ2) is 5.92. The van der Waals surface area contributed by atoms with Crippen molar-refractivity contribution in [3.63, 3.8) is 0 Å². The van der Waals surface area contributed by atoms with Gasteiger partial charge in [-0.1, -0.05) is 12.1 Å². The Hall–Kier alpha value is -2.47. The summed E-state index contributed by atoms with van der Waals surface area (Å²) >= 11 is 0. The van der Waals surface area contributed by atoms with Gasteiger partial charge in [-0.05, 0) is 30.2 Å². The number of nitrogens with one attached hydrogen (secondary N) is 1. The smallest absolute Gasteiger partial charge is 0.243 e. The molecule has 0 aliphatic heterocycles. The third-order valence-corrected chi connectivity index (χ3v) is 2.53. The lowest BCUT2D eigenvalue weighted by molar-refractivity contribution is -0.117. The number of aromatic nitrogens is 2. The van der Waals surface area contributed by atoms with Crippen LogP contribution in [0.3, 0.4) is 0 Å². The topological polar surface area (TPSA) is 101 Å². The summed E-state index contributed by atoms with van der Waals surface area (Å²) in [4.78, 5) is 19.6. The molecular formula is C13H14N4O2. The van der Waals surface area contributed by atoms with Gasteiger partial charge in [-0.2, -0.15) is 0 Å². The predicted octanol–water partition coefficient (Wildman–Crippen LogP) is 0.691. The zero-order valence-electron chi connectivity index (χ0n) is 10.2. The summed E-state index contributed by atoms with van der Waals surface area (Å²) in [6.07, 6.45) is 3.45. The fourth-order valence-electron chi connectivity index (χ4n) is 1.55. The lowest BCUT2D eigenvalue weighted by Gasteiger charge is -2.11. The maximum absolute atomic E-state index is 11.8. The molecule has 0 aliphatic carbocycles. The Morgan fingerprint density at radius 2 is 1.89 bits per heavy atom. The molecule has 1 aromatic carbocycles. The van der Waals surface area contributed by atoms with Gasteiger partial charge in [0.1, 0.15) is 5.75 Å². The molecule has 1 atom stereocenters. The van der Waals surface area contributed by atoms with Crippen LogP contribution < -0.4 is 11.1 Å². The van der Waals surface area contributed by atoms with Crippen LogP contribution in [0.2, 0.25) is 0 Å². The lowest BCUT2D eigenvalue weighted by Crippen LogP contribution is -2.37. The Morgan fingerprint density at radius 1 is 1.26 bits per heavy atom. The molecule has 0 saturated heterocycles. The van der Waals surface area contributed by atoms with E-state index in [9.17, 15) is 4.79 Å². The van der Waals surface area contributed by atoms with Crippen LogP contribution in [0.5, 0.6) is 5.75 Å². The van der Waals surface area contributed by atoms with E-state index in [4.69, 9.17) is 10.8 Å². The molecule has 19 heavy (non-hydrogen) atoms. The molecule has 0 unspecified atom stereocenters. The number of rotatable bonds is 4. The molecule has 6 heteroatoms. The third kappa shape index (κ3) is 3.75. The van der Waals surface area contributed by atoms with Crippen LogP contribution in [0.15, 0.2) is 42.7 Å². The number of phenols is 1. The Bertz CT molecular complexity index is 542. The molecule has 98 valence electrons. The third-order valence-electron chi connectivity index (χ3n) is 2.53. The number of amides is 1. The standard InChI is InChI=1S/C13H14N4O2/c14-11(8-9-2-4-10(18)5-3-9)12(19)17-13-15-6-1-7-16-13/h1-7,11,18H,8,14H2,(H,15,16,17,19)/t11-/m1/s1. The van der Waals surface area contributed by atoms with Crippen LogP contribution >= 0.6 is 0 Å². The van der Waals surface area contributed by atoms with E-state index >= 15 is 0 Å². The highest BCUT2D eigenvalue weighted by Gasteiger charge is 2.15. The molecule has 0 aliphatic rings. The van der Waals surface area contributed by atoms with Gasteiger partial charge in [0.05, 0.1) is 6.04 Å². The first-order valence-corrected chi connectivity index (χ1v) is 5.76. The van der Waals surface area contributed by atoms with Crippen molar-refractivity contribution < 1.29 is 9.90 Å². The fourth-order valence-corrected chi connectivity index (χ4v) is 1.55. The van der Waals surface area contributed by atoms with Crippen molar-refractivity contribution in [2.75, 3.05) is 5.32 Å². The zero-order valence-corrected chi connectivity index (χ0v) is 10.2. The number of hydrogen-bond donors (Lipinski definition) is 3. The molecule has 0 spiro atoms. The zero-order chi connectivity index (χ0) is 13.7. The largest absolute Gasteiger partial charge is 0.508 e. The van der Waals surface area contributed by atoms with E-state index in [0.29, 0.717) is 6.42 Å². The van der Waals surface area contributed by atoms with Gasteiger partial charge < -0.3 is 10.8 Å². The first-order valence-electron chi connectivity index (χ1n) is 5.76. The molecular weight excluding hydrogens is 244 g/mol. The van der Waals surface area contributed by atoms with E-state index < -0.39 is 6.04 Å². The number of hydrogen-bond acceptors (Lipinski definition) is 5. The van der Waals surface area contributed by atoms with Crippen LogP contribution in [-0.2, 0) is 11.2 Å². The Balaban J connectivity index is 1.94. The van der Waals surface area contributed by atoms with Crippen molar-refractivity contribution in [2.24, 2.45) is 5.73 Å². The Morgan fingerprint density at radius 3 is 2.53 bits per heavy atom. The van der Waals surface area contributed by atoms with E-state index in [0.717, 1.165) is 5.56 Å². The van der Waals surface area contributed by atoms with Gasteiger partial charge in [0.15, 0.2) is 0 Å². The summed E-state index contributed by atoms with van der Waals surface area (Å²) in [6.45, 7) is 0. The van der Waals surface area contributed by atoms with Crippen molar-refractivity contribution in [3.05, 3.63) is 48.3 Å². The molecule has 1 aromatic heterocycles. The maximum atomic E-state index is 11.8. The van der Waals surface area contributed by atoms with Crippen molar-refractivity contribution in [1.29, 1.82) is 0 Å². The van der Waals surface area contributed by atoms with Gasteiger partial charge in [-0.25, -0.2) is 9.97 Å². The van der Waals surface area contributed by atoms with Gasteiger partial charge in [-0.15, -0.1) is 0 Å². The Kier molecular flexibility index (Phi) is 4.04. The minimum atomic E-state index is -0.701. The number of anilines is 1. The second-order valence-electron chi connectivity index (χ2n) is 4.04. The maximum Gasteiger partial charge on any atom is 0.243 e. The SMILES string of the molecule is N[C@H](Cc1ccc(O)cc1)C(=O)Nc1ncccn1. The van der Waals surface area contributed by atoms with Crippen molar-refractivity contribution in [2.45, 2.75) is 12.5 Å². The minimum absolute atomic E-state index is 0.180. The minimum Gasteiger partial charge on any atom is -0.508 e. The molecule has 0 saturated carbocycles. The molecule has 0 radical (unpaired) electrons. The van der Waals surface area contributed by atoms with Gasteiger partial charge >= 0.3 is 0 Å². The molecule has 2 rings (SSSR count). The highest BCUT2D eigenvalue weighted by Crippen LogP contribution is 2.11. The quantitative estimate of drug-likeness (QED) is 0.749. The molecule has 0 bridgehead atoms. The molecule has 0 fully saturated rings. The average molecular weight is 258 g/mol. The van der Waals surface area contributed by atoms with Crippen LogP contribution in [0.1, 0.15) is 5.56 Å². The summed E-state index contributed by atoms with van der Waals surface area (Å²) in [7, 11) is 0. The predicted molar refractivity (Wildman–Crippen MR) is 70.4 cm³/mol. The average Bonchev–Trinajstić information content (AvgIpc) is 2.42. The number of phenolic OH excluding ortho intramolecular Hbond substituents is 1. The normalized spacial score (nSPS) is 11.8. The number of carbonyl (C=O) groups excluding carboxylic acids is 1. The van der Waals surface area contributed by atoms with Crippen molar-refractivity contribution in [1.82, 2.24) is 9.97 Å². The summed E-state index contributed by atoms with van der Waals surface area (Å²) in [5, 5.41) is 11.7. The summed E-state index contributed by atoms with van der Waals surface area (Å²) in [5.74, 6) is 0.0624.